The van der Waals surface area contributed by atoms with Crippen molar-refractivity contribution in [1.29, 1.82) is 0 Å². The topological polar surface area (TPSA) is 89.3 Å². The molecule has 0 spiro atoms. The lowest BCUT2D eigenvalue weighted by atomic mass is 10.3. The maximum absolute atomic E-state index is 10.4. The zero-order valence-corrected chi connectivity index (χ0v) is 8.33. The van der Waals surface area contributed by atoms with Gasteiger partial charge in [0, 0.05) is 16.3 Å². The van der Waals surface area contributed by atoms with Gasteiger partial charge in [-0.15, -0.1) is 11.8 Å². The van der Waals surface area contributed by atoms with Crippen LogP contribution in [0, 0.1) is 0 Å². The third-order valence-corrected chi connectivity index (χ3v) is 2.72. The van der Waals surface area contributed by atoms with Crippen LogP contribution in [-0.2, 0) is 4.79 Å². The Kier molecular flexibility index (Phi) is 3.79. The lowest BCUT2D eigenvalue weighted by Gasteiger charge is -2.05. The molecule has 0 aromatic heterocycles. The molecule has 0 unspecified atom stereocenters. The summed E-state index contributed by atoms with van der Waals surface area (Å²) in [5, 5.41) is 8.55. The number of hydrogen-bond acceptors (Lipinski definition) is 4. The third kappa shape index (κ3) is 3.27. The van der Waals surface area contributed by atoms with E-state index in [4.69, 9.17) is 16.6 Å². The molecule has 0 aliphatic rings. The number of carboxylic acid groups (broad SMARTS) is 1. The van der Waals surface area contributed by atoms with Gasteiger partial charge in [0.05, 0.1) is 0 Å². The van der Waals surface area contributed by atoms with Gasteiger partial charge in [0.15, 0.2) is 0 Å². The summed E-state index contributed by atoms with van der Waals surface area (Å²) >= 11 is 1.39. The van der Waals surface area contributed by atoms with Gasteiger partial charge in [-0.1, -0.05) is 6.07 Å². The van der Waals surface area contributed by atoms with Crippen molar-refractivity contribution in [2.24, 2.45) is 5.73 Å². The van der Waals surface area contributed by atoms with Crippen LogP contribution >= 0.6 is 11.8 Å². The summed E-state index contributed by atoms with van der Waals surface area (Å²) in [5.41, 5.74) is 11.6. The summed E-state index contributed by atoms with van der Waals surface area (Å²) < 4.78 is 0. The Balaban J connectivity index is 2.49. The Bertz CT molecular complexity index is 330. The van der Waals surface area contributed by atoms with Gasteiger partial charge in [0.25, 0.3) is 0 Å². The number of nitrogens with two attached hydrogens (primary N) is 2. The molecule has 0 saturated heterocycles. The number of carboxylic acids is 1. The van der Waals surface area contributed by atoms with Crippen molar-refractivity contribution in [2.45, 2.75) is 10.9 Å². The van der Waals surface area contributed by atoms with Gasteiger partial charge in [0.1, 0.15) is 6.04 Å². The zero-order valence-electron chi connectivity index (χ0n) is 7.51. The van der Waals surface area contributed by atoms with Gasteiger partial charge in [0.2, 0.25) is 0 Å². The Labute approximate surface area is 86.3 Å². The van der Waals surface area contributed by atoms with Gasteiger partial charge >= 0.3 is 5.97 Å². The number of aliphatic carboxylic acids is 1. The van der Waals surface area contributed by atoms with Crippen LogP contribution in [0.4, 0.5) is 5.69 Å². The van der Waals surface area contributed by atoms with Crippen LogP contribution in [-0.4, -0.2) is 22.9 Å². The van der Waals surface area contributed by atoms with E-state index in [1.807, 2.05) is 12.1 Å². The fourth-order valence-corrected chi connectivity index (χ4v) is 1.77. The van der Waals surface area contributed by atoms with Crippen LogP contribution in [0.15, 0.2) is 29.2 Å². The minimum atomic E-state index is -0.985. The normalized spacial score (nSPS) is 12.4. The van der Waals surface area contributed by atoms with Crippen LogP contribution in [0.25, 0.3) is 0 Å². The second-order valence-corrected chi connectivity index (χ2v) is 3.92. The molecule has 0 aliphatic heterocycles. The number of anilines is 1. The first-order chi connectivity index (χ1) is 6.59. The molecule has 0 bridgehead atoms. The Morgan fingerprint density at radius 2 is 2.29 bits per heavy atom. The molecule has 14 heavy (non-hydrogen) atoms. The Morgan fingerprint density at radius 3 is 2.86 bits per heavy atom. The van der Waals surface area contributed by atoms with Gasteiger partial charge in [-0.05, 0) is 18.2 Å². The molecular formula is C9H12N2O2S. The molecule has 1 atom stereocenters. The first kappa shape index (κ1) is 10.9. The molecule has 4 nitrogen and oxygen atoms in total. The first-order valence-electron chi connectivity index (χ1n) is 4.06. The average molecular weight is 212 g/mol. The van der Waals surface area contributed by atoms with Gasteiger partial charge < -0.3 is 16.6 Å². The van der Waals surface area contributed by atoms with Gasteiger partial charge in [-0.3, -0.25) is 4.79 Å². The molecule has 1 aromatic carbocycles. The Morgan fingerprint density at radius 1 is 1.57 bits per heavy atom. The molecule has 1 aromatic rings. The van der Waals surface area contributed by atoms with E-state index in [2.05, 4.69) is 0 Å². The van der Waals surface area contributed by atoms with Crippen molar-refractivity contribution in [3.8, 4) is 0 Å². The van der Waals surface area contributed by atoms with Crippen LogP contribution in [0.5, 0.6) is 0 Å². The number of carbonyl (C=O) groups is 1. The standard InChI is InChI=1S/C9H12N2O2S/c10-6-2-1-3-7(4-6)14-5-8(11)9(12)13/h1-4,8H,5,10-11H2,(H,12,13)/t8-/m0/s1. The SMILES string of the molecule is Nc1cccc(SC[C@H](N)C(=O)O)c1. The van der Waals surface area contributed by atoms with Crippen LogP contribution < -0.4 is 11.5 Å². The van der Waals surface area contributed by atoms with E-state index in [0.717, 1.165) is 4.90 Å². The lowest BCUT2D eigenvalue weighted by molar-refractivity contribution is -0.137. The maximum Gasteiger partial charge on any atom is 0.321 e. The number of rotatable bonds is 4. The van der Waals surface area contributed by atoms with E-state index in [-0.39, 0.29) is 0 Å². The number of benzene rings is 1. The highest BCUT2D eigenvalue weighted by molar-refractivity contribution is 7.99. The minimum absolute atomic E-state index is 0.346. The highest BCUT2D eigenvalue weighted by Gasteiger charge is 2.11. The summed E-state index contributed by atoms with van der Waals surface area (Å²) in [5.74, 6) is -0.639. The third-order valence-electron chi connectivity index (χ3n) is 1.60. The van der Waals surface area contributed by atoms with E-state index in [1.54, 1.807) is 12.1 Å². The summed E-state index contributed by atoms with van der Waals surface area (Å²) in [6, 6.07) is 6.43. The van der Waals surface area contributed by atoms with E-state index < -0.39 is 12.0 Å². The minimum Gasteiger partial charge on any atom is -0.480 e. The van der Waals surface area contributed by atoms with Gasteiger partial charge in [-0.25, -0.2) is 0 Å². The van der Waals surface area contributed by atoms with Crippen LogP contribution in [0.3, 0.4) is 0 Å². The molecule has 0 amide bonds. The Hall–Kier alpha value is -1.20. The van der Waals surface area contributed by atoms with Crippen molar-refractivity contribution in [3.63, 3.8) is 0 Å². The first-order valence-corrected chi connectivity index (χ1v) is 5.05. The number of hydrogen-bond donors (Lipinski definition) is 3. The smallest absolute Gasteiger partial charge is 0.321 e. The summed E-state index contributed by atoms with van der Waals surface area (Å²) in [6.45, 7) is 0. The monoisotopic (exact) mass is 212 g/mol. The number of nitrogen functional groups attached to an aromatic ring is 1. The van der Waals surface area contributed by atoms with Crippen molar-refractivity contribution in [1.82, 2.24) is 0 Å². The van der Waals surface area contributed by atoms with E-state index in [0.29, 0.717) is 11.4 Å². The molecule has 76 valence electrons. The lowest BCUT2D eigenvalue weighted by Crippen LogP contribution is -2.32. The summed E-state index contributed by atoms with van der Waals surface area (Å²) in [4.78, 5) is 11.4. The molecule has 0 heterocycles. The fourth-order valence-electron chi connectivity index (χ4n) is 0.862. The highest BCUT2D eigenvalue weighted by Crippen LogP contribution is 2.20. The second-order valence-electron chi connectivity index (χ2n) is 2.83. The van der Waals surface area contributed by atoms with Gasteiger partial charge in [-0.2, -0.15) is 0 Å². The molecule has 1 rings (SSSR count). The zero-order chi connectivity index (χ0) is 10.6. The molecular weight excluding hydrogens is 200 g/mol. The molecule has 5 heteroatoms. The second kappa shape index (κ2) is 4.88. The average Bonchev–Trinajstić information content (AvgIpc) is 2.14. The highest BCUT2D eigenvalue weighted by atomic mass is 32.2. The number of thioether (sulfide) groups is 1. The fraction of sp³-hybridized carbons (Fsp3) is 0.222. The van der Waals surface area contributed by atoms with Crippen molar-refractivity contribution in [2.75, 3.05) is 11.5 Å². The molecule has 0 fully saturated rings. The molecule has 0 saturated carbocycles. The van der Waals surface area contributed by atoms with Crippen molar-refractivity contribution >= 4 is 23.4 Å². The molecule has 0 radical (unpaired) electrons. The molecule has 0 aliphatic carbocycles. The van der Waals surface area contributed by atoms with E-state index in [1.165, 1.54) is 11.8 Å². The maximum atomic E-state index is 10.4. The molecule has 5 N–H and O–H groups in total. The van der Waals surface area contributed by atoms with Crippen LogP contribution in [0.2, 0.25) is 0 Å². The summed E-state index contributed by atoms with van der Waals surface area (Å²) in [6.07, 6.45) is 0. The van der Waals surface area contributed by atoms with E-state index >= 15 is 0 Å². The van der Waals surface area contributed by atoms with Crippen molar-refractivity contribution in [3.05, 3.63) is 24.3 Å². The van der Waals surface area contributed by atoms with Crippen molar-refractivity contribution < 1.29 is 9.90 Å². The van der Waals surface area contributed by atoms with Crippen LogP contribution in [0.1, 0.15) is 0 Å². The predicted molar refractivity (Wildman–Crippen MR) is 57.2 cm³/mol. The predicted octanol–water partition coefficient (Wildman–Crippen LogP) is 0.773. The largest absolute Gasteiger partial charge is 0.480 e. The quantitative estimate of drug-likeness (QED) is 0.506. The summed E-state index contributed by atoms with van der Waals surface area (Å²) in [7, 11) is 0. The van der Waals surface area contributed by atoms with E-state index in [9.17, 15) is 4.79 Å².